The van der Waals surface area contributed by atoms with Crippen LogP contribution in [0.5, 0.6) is 0 Å². The largest absolute Gasteiger partial charge is 0.330 e. The van der Waals surface area contributed by atoms with Gasteiger partial charge in [-0.15, -0.1) is 0 Å². The van der Waals surface area contributed by atoms with Crippen molar-refractivity contribution in [1.29, 1.82) is 0 Å². The minimum Gasteiger partial charge on any atom is -0.330 e. The average Bonchev–Trinajstić information content (AvgIpc) is 2.34. The summed E-state index contributed by atoms with van der Waals surface area (Å²) in [6, 6.07) is 0. The van der Waals surface area contributed by atoms with E-state index in [0.717, 1.165) is 12.8 Å². The Balaban J connectivity index is 3.64. The first-order valence-corrected chi connectivity index (χ1v) is 9.28. The van der Waals surface area contributed by atoms with Crippen molar-refractivity contribution in [2.24, 2.45) is 5.73 Å². The predicted octanol–water partition coefficient (Wildman–Crippen LogP) is 1.02. The maximum atomic E-state index is 11.7. The van der Waals surface area contributed by atoms with E-state index < -0.39 is 10.2 Å². The molecule has 0 unspecified atom stereocenters. The first kappa shape index (κ1) is 18.2. The van der Waals surface area contributed by atoms with Gasteiger partial charge in [-0.3, -0.25) is 0 Å². The van der Waals surface area contributed by atoms with Gasteiger partial charge in [-0.25, -0.2) is 4.72 Å². The van der Waals surface area contributed by atoms with E-state index in [-0.39, 0.29) is 0 Å². The number of nitrogens with zero attached hydrogens (tertiary/aromatic N) is 1. The molecule has 18 heavy (non-hydrogen) atoms. The highest BCUT2D eigenvalue weighted by molar-refractivity contribution is 7.98. The summed E-state index contributed by atoms with van der Waals surface area (Å²) in [6.07, 6.45) is 7.15. The molecule has 5 nitrogen and oxygen atoms in total. The van der Waals surface area contributed by atoms with Crippen molar-refractivity contribution in [3.8, 4) is 0 Å². The van der Waals surface area contributed by atoms with Gasteiger partial charge in [-0.1, -0.05) is 12.8 Å². The zero-order chi connectivity index (χ0) is 13.9. The van der Waals surface area contributed by atoms with Crippen LogP contribution in [0.4, 0.5) is 0 Å². The molecule has 0 heterocycles. The zero-order valence-corrected chi connectivity index (χ0v) is 13.2. The SMILES string of the molecule is CSCCCCCCNS(=O)(=O)N(C)CCCN. The molecule has 0 aliphatic rings. The first-order valence-electron chi connectivity index (χ1n) is 6.44. The van der Waals surface area contributed by atoms with Crippen molar-refractivity contribution in [1.82, 2.24) is 9.03 Å². The van der Waals surface area contributed by atoms with Crippen molar-refractivity contribution in [2.75, 3.05) is 38.7 Å². The van der Waals surface area contributed by atoms with Crippen LogP contribution in [0, 0.1) is 0 Å². The molecule has 0 fully saturated rings. The molecule has 3 N–H and O–H groups in total. The molecule has 0 aromatic heterocycles. The highest BCUT2D eigenvalue weighted by Crippen LogP contribution is 2.04. The summed E-state index contributed by atoms with van der Waals surface area (Å²) >= 11 is 1.85. The third kappa shape index (κ3) is 9.16. The molecule has 0 amide bonds. The lowest BCUT2D eigenvalue weighted by atomic mass is 10.2. The van der Waals surface area contributed by atoms with Gasteiger partial charge in [0.2, 0.25) is 0 Å². The van der Waals surface area contributed by atoms with Crippen LogP contribution in [0.3, 0.4) is 0 Å². The Morgan fingerprint density at radius 1 is 1.17 bits per heavy atom. The van der Waals surface area contributed by atoms with Crippen molar-refractivity contribution in [3.63, 3.8) is 0 Å². The van der Waals surface area contributed by atoms with E-state index in [1.807, 2.05) is 11.8 Å². The lowest BCUT2D eigenvalue weighted by Crippen LogP contribution is -2.39. The third-order valence-electron chi connectivity index (χ3n) is 2.65. The zero-order valence-electron chi connectivity index (χ0n) is 11.5. The maximum absolute atomic E-state index is 11.7. The minimum absolute atomic E-state index is 0.472. The van der Waals surface area contributed by atoms with Crippen LogP contribution in [-0.2, 0) is 10.2 Å². The number of nitrogens with one attached hydrogen (secondary N) is 1. The van der Waals surface area contributed by atoms with Gasteiger partial charge < -0.3 is 5.73 Å². The molecular formula is C11H27N3O2S2. The molecule has 0 aromatic rings. The number of rotatable bonds is 12. The van der Waals surface area contributed by atoms with Gasteiger partial charge in [0.15, 0.2) is 0 Å². The average molecular weight is 297 g/mol. The van der Waals surface area contributed by atoms with Crippen LogP contribution >= 0.6 is 11.8 Å². The molecule has 0 radical (unpaired) electrons. The molecule has 0 aliphatic carbocycles. The number of hydrogen-bond acceptors (Lipinski definition) is 4. The lowest BCUT2D eigenvalue weighted by Gasteiger charge is -2.17. The Morgan fingerprint density at radius 3 is 2.44 bits per heavy atom. The summed E-state index contributed by atoms with van der Waals surface area (Å²) in [5.41, 5.74) is 5.36. The standard InChI is InChI=1S/C11H27N3O2S2/c1-14(10-7-8-12)18(15,16)13-9-5-3-4-6-11-17-2/h13H,3-12H2,1-2H3. The Morgan fingerprint density at radius 2 is 1.83 bits per heavy atom. The molecular weight excluding hydrogens is 270 g/mol. The molecule has 0 rings (SSSR count). The smallest absolute Gasteiger partial charge is 0.279 e. The van der Waals surface area contributed by atoms with E-state index in [1.54, 1.807) is 7.05 Å². The first-order chi connectivity index (χ1) is 8.54. The van der Waals surface area contributed by atoms with E-state index in [9.17, 15) is 8.42 Å². The van der Waals surface area contributed by atoms with E-state index >= 15 is 0 Å². The van der Waals surface area contributed by atoms with Gasteiger partial charge in [0.1, 0.15) is 0 Å². The fraction of sp³-hybridized carbons (Fsp3) is 1.00. The quantitative estimate of drug-likeness (QED) is 0.528. The summed E-state index contributed by atoms with van der Waals surface area (Å²) in [7, 11) is -1.73. The van der Waals surface area contributed by atoms with Gasteiger partial charge in [-0.05, 0) is 37.8 Å². The molecule has 7 heteroatoms. The fourth-order valence-electron chi connectivity index (χ4n) is 1.47. The number of thioether (sulfide) groups is 1. The van der Waals surface area contributed by atoms with Crippen LogP contribution in [0.1, 0.15) is 32.1 Å². The van der Waals surface area contributed by atoms with Gasteiger partial charge in [-0.2, -0.15) is 24.5 Å². The second kappa shape index (κ2) is 11.0. The summed E-state index contributed by atoms with van der Waals surface area (Å²) < 4.78 is 27.4. The van der Waals surface area contributed by atoms with Crippen molar-refractivity contribution < 1.29 is 8.42 Å². The predicted molar refractivity (Wildman–Crippen MR) is 80.1 cm³/mol. The van der Waals surface area contributed by atoms with Crippen LogP contribution in [0.2, 0.25) is 0 Å². The summed E-state index contributed by atoms with van der Waals surface area (Å²) in [6.45, 7) is 1.50. The van der Waals surface area contributed by atoms with Gasteiger partial charge >= 0.3 is 0 Å². The molecule has 0 aromatic carbocycles. The summed E-state index contributed by atoms with van der Waals surface area (Å²) in [4.78, 5) is 0. The second-order valence-corrected chi connectivity index (χ2v) is 7.12. The molecule has 0 saturated heterocycles. The number of unbranched alkanes of at least 4 members (excludes halogenated alkanes) is 3. The van der Waals surface area contributed by atoms with Crippen molar-refractivity contribution in [2.45, 2.75) is 32.1 Å². The normalized spacial score (nSPS) is 12.2. The molecule has 110 valence electrons. The van der Waals surface area contributed by atoms with Crippen molar-refractivity contribution >= 4 is 22.0 Å². The van der Waals surface area contributed by atoms with Gasteiger partial charge in [0, 0.05) is 20.1 Å². The van der Waals surface area contributed by atoms with Crippen LogP contribution < -0.4 is 10.5 Å². The molecule has 0 atom stereocenters. The van der Waals surface area contributed by atoms with E-state index in [0.29, 0.717) is 26.1 Å². The van der Waals surface area contributed by atoms with Crippen LogP contribution in [-0.4, -0.2) is 51.4 Å². The topological polar surface area (TPSA) is 75.4 Å². The van der Waals surface area contributed by atoms with E-state index in [4.69, 9.17) is 5.73 Å². The second-order valence-electron chi connectivity index (χ2n) is 4.27. The molecule has 0 saturated carbocycles. The van der Waals surface area contributed by atoms with Crippen molar-refractivity contribution in [3.05, 3.63) is 0 Å². The van der Waals surface area contributed by atoms with Gasteiger partial charge in [0.25, 0.3) is 10.2 Å². The van der Waals surface area contributed by atoms with Gasteiger partial charge in [0.05, 0.1) is 0 Å². The highest BCUT2D eigenvalue weighted by Gasteiger charge is 2.15. The fourth-order valence-corrected chi connectivity index (χ4v) is 2.96. The summed E-state index contributed by atoms with van der Waals surface area (Å²) in [5, 5.41) is 0. The highest BCUT2D eigenvalue weighted by atomic mass is 32.2. The van der Waals surface area contributed by atoms with E-state index in [2.05, 4.69) is 11.0 Å². The monoisotopic (exact) mass is 297 g/mol. The minimum atomic E-state index is -3.31. The molecule has 0 spiro atoms. The van der Waals surface area contributed by atoms with E-state index in [1.165, 1.54) is 22.9 Å². The van der Waals surface area contributed by atoms with Crippen LogP contribution in [0.15, 0.2) is 0 Å². The molecule has 0 aliphatic heterocycles. The number of nitrogens with two attached hydrogens (primary N) is 1. The molecule has 0 bridgehead atoms. The Kier molecular flexibility index (Phi) is 11.2. The summed E-state index contributed by atoms with van der Waals surface area (Å²) in [5.74, 6) is 1.19. The number of hydrogen-bond donors (Lipinski definition) is 2. The maximum Gasteiger partial charge on any atom is 0.279 e. The Bertz CT molecular complexity index is 284. The third-order valence-corrected chi connectivity index (χ3v) is 4.92. The Hall–Kier alpha value is 0.180. The van der Waals surface area contributed by atoms with Crippen LogP contribution in [0.25, 0.3) is 0 Å². The Labute approximate surface area is 116 Å². The lowest BCUT2D eigenvalue weighted by molar-refractivity contribution is 0.451.